The molecule has 0 bridgehead atoms. The van der Waals surface area contributed by atoms with Crippen LogP contribution in [0.5, 0.6) is 0 Å². The van der Waals surface area contributed by atoms with Gasteiger partial charge in [-0.3, -0.25) is 9.59 Å². The molecule has 3 rings (SSSR count). The molecule has 4 nitrogen and oxygen atoms in total. The number of hydrogen-bond acceptors (Lipinski definition) is 4. The molecule has 136 valence electrons. The first-order chi connectivity index (χ1) is 11.0. The highest BCUT2D eigenvalue weighted by atomic mass is 16.7. The normalized spacial score (nSPS) is 46.8. The van der Waals surface area contributed by atoms with Gasteiger partial charge in [-0.2, -0.15) is 0 Å². The lowest BCUT2D eigenvalue weighted by Gasteiger charge is -2.60. The Morgan fingerprint density at radius 1 is 1.00 bits per heavy atom. The Kier molecular flexibility index (Phi) is 3.95. The van der Waals surface area contributed by atoms with Gasteiger partial charge in [0.15, 0.2) is 0 Å². The second-order valence-corrected chi connectivity index (χ2v) is 9.51. The minimum absolute atomic E-state index is 0.131. The van der Waals surface area contributed by atoms with Crippen molar-refractivity contribution in [1.82, 2.24) is 0 Å². The largest absolute Gasteiger partial charge is 0.425 e. The van der Waals surface area contributed by atoms with E-state index in [9.17, 15) is 9.59 Å². The monoisotopic (exact) mass is 336 g/mol. The van der Waals surface area contributed by atoms with Crippen molar-refractivity contribution in [1.29, 1.82) is 0 Å². The van der Waals surface area contributed by atoms with Gasteiger partial charge < -0.3 is 9.47 Å². The number of hydrogen-bond donors (Lipinski definition) is 0. The minimum Gasteiger partial charge on any atom is -0.425 e. The van der Waals surface area contributed by atoms with Gasteiger partial charge in [0.25, 0.3) is 5.79 Å². The van der Waals surface area contributed by atoms with Crippen molar-refractivity contribution in [3.05, 3.63) is 0 Å². The van der Waals surface area contributed by atoms with Crippen molar-refractivity contribution < 1.29 is 19.1 Å². The van der Waals surface area contributed by atoms with Gasteiger partial charge in [0.2, 0.25) is 5.78 Å². The maximum Gasteiger partial charge on any atom is 0.305 e. The third-order valence-corrected chi connectivity index (χ3v) is 7.45. The summed E-state index contributed by atoms with van der Waals surface area (Å²) in [7, 11) is 0. The van der Waals surface area contributed by atoms with E-state index in [-0.39, 0.29) is 22.7 Å². The zero-order chi connectivity index (χ0) is 18.0. The van der Waals surface area contributed by atoms with Crippen LogP contribution in [-0.2, 0) is 19.1 Å². The van der Waals surface area contributed by atoms with Crippen molar-refractivity contribution in [2.45, 2.75) is 91.5 Å². The van der Waals surface area contributed by atoms with E-state index in [1.807, 2.05) is 0 Å². The summed E-state index contributed by atoms with van der Waals surface area (Å²) in [4.78, 5) is 24.0. The van der Waals surface area contributed by atoms with Gasteiger partial charge in [0.1, 0.15) is 0 Å². The topological polar surface area (TPSA) is 52.6 Å². The predicted octanol–water partition coefficient (Wildman–Crippen LogP) is 4.26. The summed E-state index contributed by atoms with van der Waals surface area (Å²) in [6, 6.07) is 0. The number of ketones is 1. The zero-order valence-electron chi connectivity index (χ0n) is 16.0. The van der Waals surface area contributed by atoms with Gasteiger partial charge in [-0.05, 0) is 49.4 Å². The molecule has 1 saturated heterocycles. The molecule has 1 heterocycles. The van der Waals surface area contributed by atoms with E-state index in [0.29, 0.717) is 17.8 Å². The van der Waals surface area contributed by atoms with Crippen LogP contribution in [0.1, 0.15) is 80.1 Å². The van der Waals surface area contributed by atoms with E-state index in [0.717, 1.165) is 12.8 Å². The molecule has 0 radical (unpaired) electrons. The van der Waals surface area contributed by atoms with Crippen molar-refractivity contribution in [2.24, 2.45) is 22.7 Å². The first kappa shape index (κ1) is 17.9. The minimum atomic E-state index is -1.38. The maximum atomic E-state index is 12.4. The van der Waals surface area contributed by atoms with Gasteiger partial charge in [-0.15, -0.1) is 0 Å². The quantitative estimate of drug-likeness (QED) is 0.707. The van der Waals surface area contributed by atoms with Crippen LogP contribution in [0.2, 0.25) is 0 Å². The molecule has 3 fully saturated rings. The first-order valence-electron chi connectivity index (χ1n) is 9.36. The molecule has 1 unspecified atom stereocenters. The summed E-state index contributed by atoms with van der Waals surface area (Å²) in [5.41, 5.74) is 0.0587. The van der Waals surface area contributed by atoms with E-state index < -0.39 is 11.8 Å². The van der Waals surface area contributed by atoms with E-state index >= 15 is 0 Å². The highest BCUT2D eigenvalue weighted by molar-refractivity contribution is 5.86. The molecular weight excluding hydrogens is 304 g/mol. The van der Waals surface area contributed by atoms with Crippen molar-refractivity contribution in [3.8, 4) is 0 Å². The molecule has 1 aliphatic heterocycles. The van der Waals surface area contributed by atoms with Crippen molar-refractivity contribution in [2.75, 3.05) is 0 Å². The number of carbonyl (C=O) groups excluding carboxylic acids is 2. The third kappa shape index (κ3) is 2.44. The molecular formula is C20H32O4. The number of carbonyl (C=O) groups is 2. The molecule has 0 amide bonds. The molecule has 3 aliphatic rings. The van der Waals surface area contributed by atoms with Crippen molar-refractivity contribution >= 4 is 11.8 Å². The molecule has 0 aromatic heterocycles. The molecule has 4 heteroatoms. The summed E-state index contributed by atoms with van der Waals surface area (Å²) >= 11 is 0. The maximum absolute atomic E-state index is 12.4. The van der Waals surface area contributed by atoms with Crippen LogP contribution in [0.4, 0.5) is 0 Å². The molecule has 0 spiro atoms. The fourth-order valence-corrected chi connectivity index (χ4v) is 6.45. The Balaban J connectivity index is 2.01. The first-order valence-corrected chi connectivity index (χ1v) is 9.36. The summed E-state index contributed by atoms with van der Waals surface area (Å²) in [6.45, 7) is 12.1. The third-order valence-electron chi connectivity index (χ3n) is 7.45. The Hall–Kier alpha value is -0.900. The van der Waals surface area contributed by atoms with Crippen LogP contribution < -0.4 is 0 Å². The zero-order valence-corrected chi connectivity index (χ0v) is 16.0. The lowest BCUT2D eigenvalue weighted by atomic mass is 9.45. The van der Waals surface area contributed by atoms with E-state index in [2.05, 4.69) is 27.7 Å². The summed E-state index contributed by atoms with van der Waals surface area (Å²) in [6.07, 6.45) is 6.19. The second-order valence-electron chi connectivity index (χ2n) is 9.51. The molecule has 0 aromatic carbocycles. The van der Waals surface area contributed by atoms with Gasteiger partial charge >= 0.3 is 5.97 Å². The highest BCUT2D eigenvalue weighted by Gasteiger charge is 2.67. The lowest BCUT2D eigenvalue weighted by molar-refractivity contribution is -0.241. The highest BCUT2D eigenvalue weighted by Crippen LogP contribution is 2.67. The standard InChI is InChI=1S/C20H32O4/c1-13(21)20(23-14(2)22)12-16-18(5)10-7-9-17(3,4)15(18)8-11-19(16,6)24-20/h15-16H,7-12H2,1-6H3/t15?,16-,18+,19-,20-/m1/s1. The molecule has 2 saturated carbocycles. The Morgan fingerprint density at radius 2 is 1.67 bits per heavy atom. The lowest BCUT2D eigenvalue weighted by Crippen LogP contribution is -2.55. The molecule has 0 aromatic rings. The Labute approximate surface area is 145 Å². The number of rotatable bonds is 2. The van der Waals surface area contributed by atoms with Crippen LogP contribution in [0.15, 0.2) is 0 Å². The average Bonchev–Trinajstić information content (AvgIpc) is 2.72. The second kappa shape index (κ2) is 5.30. The molecule has 5 atom stereocenters. The fraction of sp³-hybridized carbons (Fsp3) is 0.900. The van der Waals surface area contributed by atoms with E-state index in [4.69, 9.17) is 9.47 Å². The van der Waals surface area contributed by atoms with E-state index in [1.54, 1.807) is 0 Å². The predicted molar refractivity (Wildman–Crippen MR) is 91.2 cm³/mol. The Morgan fingerprint density at radius 3 is 2.25 bits per heavy atom. The average molecular weight is 336 g/mol. The van der Waals surface area contributed by atoms with Crippen LogP contribution in [0.25, 0.3) is 0 Å². The van der Waals surface area contributed by atoms with Crippen LogP contribution in [-0.4, -0.2) is 23.1 Å². The van der Waals surface area contributed by atoms with Gasteiger partial charge in [-0.1, -0.05) is 27.2 Å². The van der Waals surface area contributed by atoms with Gasteiger partial charge in [0, 0.05) is 26.2 Å². The van der Waals surface area contributed by atoms with Crippen LogP contribution in [0.3, 0.4) is 0 Å². The van der Waals surface area contributed by atoms with Crippen LogP contribution in [0, 0.1) is 22.7 Å². The van der Waals surface area contributed by atoms with E-state index in [1.165, 1.54) is 33.1 Å². The van der Waals surface area contributed by atoms with Crippen molar-refractivity contribution in [3.63, 3.8) is 0 Å². The molecule has 0 N–H and O–H groups in total. The van der Waals surface area contributed by atoms with Crippen LogP contribution >= 0.6 is 0 Å². The number of esters is 1. The SMILES string of the molecule is CC(=O)O[C@]1(C(C)=O)C[C@H]2[C@@](C)(CCC3C(C)(C)CCC[C@@]32C)O1. The molecule has 24 heavy (non-hydrogen) atoms. The number of fused-ring (bicyclic) bond motifs is 3. The summed E-state index contributed by atoms with van der Waals surface area (Å²) < 4.78 is 11.8. The van der Waals surface area contributed by atoms with Gasteiger partial charge in [-0.25, -0.2) is 0 Å². The smallest absolute Gasteiger partial charge is 0.305 e. The number of ether oxygens (including phenoxy) is 2. The Bertz CT molecular complexity index is 568. The summed E-state index contributed by atoms with van der Waals surface area (Å²) in [5, 5.41) is 0. The summed E-state index contributed by atoms with van der Waals surface area (Å²) in [5.74, 6) is -1.15. The van der Waals surface area contributed by atoms with Gasteiger partial charge in [0.05, 0.1) is 5.60 Å². The number of Topliss-reactive ketones (excluding diaryl/α,β-unsaturated/α-hetero) is 1. The fourth-order valence-electron chi connectivity index (χ4n) is 6.45. The molecule has 2 aliphatic carbocycles.